The maximum absolute atomic E-state index is 13.8. The zero-order valence-corrected chi connectivity index (χ0v) is 25.0. The third-order valence-electron chi connectivity index (χ3n) is 5.56. The van der Waals surface area contributed by atoms with E-state index in [-0.39, 0.29) is 28.4 Å². The Morgan fingerprint density at radius 3 is 2.24 bits per heavy atom. The second-order valence-electron chi connectivity index (χ2n) is 9.84. The van der Waals surface area contributed by atoms with Gasteiger partial charge >= 0.3 is 11.9 Å². The standard InChI is InChI=1S/C21H25NO6S.C6H11BrO2/c1-14-10-18(27-3)11-15(2)21(14)29(25,26)22-17(12-28-13-20(23)24)9-8-16-6-4-5-7-19(16)22;1-6(2,3)9-5(8)4-7/h4-7,10-11,17H,8-9,12-13H2,1-3H3,(H,23,24);4H2,1-3H3. The SMILES string of the molecule is CC(C)(C)OC(=O)CBr.COc1cc(C)c(S(=O)(=O)N2c3ccccc3CCC2COCC(=O)O)c(C)c1. The summed E-state index contributed by atoms with van der Waals surface area (Å²) in [7, 11) is -2.37. The summed E-state index contributed by atoms with van der Waals surface area (Å²) in [6.07, 6.45) is 1.24. The van der Waals surface area contributed by atoms with Crippen LogP contribution in [0.2, 0.25) is 0 Å². The number of alkyl halides is 1. The van der Waals surface area contributed by atoms with Crippen LogP contribution in [-0.4, -0.2) is 62.8 Å². The molecule has 1 unspecified atom stereocenters. The lowest BCUT2D eigenvalue weighted by Crippen LogP contribution is -2.46. The molecule has 210 valence electrons. The lowest BCUT2D eigenvalue weighted by Gasteiger charge is -2.38. The van der Waals surface area contributed by atoms with Crippen molar-refractivity contribution >= 4 is 43.6 Å². The third kappa shape index (κ3) is 8.44. The van der Waals surface area contributed by atoms with Crippen LogP contribution in [0.25, 0.3) is 0 Å². The van der Waals surface area contributed by atoms with E-state index in [1.54, 1.807) is 45.2 Å². The van der Waals surface area contributed by atoms with Crippen LogP contribution >= 0.6 is 15.9 Å². The van der Waals surface area contributed by atoms with Crippen molar-refractivity contribution in [1.82, 2.24) is 0 Å². The molecular formula is C27H36BrNO8S. The molecule has 0 aliphatic carbocycles. The zero-order chi connectivity index (χ0) is 28.7. The Bertz CT molecular complexity index is 1220. The van der Waals surface area contributed by atoms with Gasteiger partial charge in [-0.05, 0) is 82.3 Å². The van der Waals surface area contributed by atoms with Gasteiger partial charge < -0.3 is 19.3 Å². The smallest absolute Gasteiger partial charge is 0.329 e. The number of hydrogen-bond donors (Lipinski definition) is 1. The Hall–Kier alpha value is -2.63. The molecule has 9 nitrogen and oxygen atoms in total. The highest BCUT2D eigenvalue weighted by molar-refractivity contribution is 9.09. The summed E-state index contributed by atoms with van der Waals surface area (Å²) >= 11 is 2.99. The van der Waals surface area contributed by atoms with Crippen LogP contribution in [0.5, 0.6) is 5.75 Å². The summed E-state index contributed by atoms with van der Waals surface area (Å²) in [5, 5.41) is 9.13. The van der Waals surface area contributed by atoms with Crippen molar-refractivity contribution in [1.29, 1.82) is 0 Å². The van der Waals surface area contributed by atoms with E-state index in [1.165, 1.54) is 4.31 Å². The minimum absolute atomic E-state index is 0.00805. The largest absolute Gasteiger partial charge is 0.497 e. The molecule has 0 saturated heterocycles. The zero-order valence-electron chi connectivity index (χ0n) is 22.6. The summed E-state index contributed by atoms with van der Waals surface area (Å²) < 4.78 is 44.5. The van der Waals surface area contributed by atoms with Crippen molar-refractivity contribution in [2.24, 2.45) is 0 Å². The van der Waals surface area contributed by atoms with Crippen molar-refractivity contribution in [3.8, 4) is 5.75 Å². The quantitative estimate of drug-likeness (QED) is 0.337. The molecule has 2 aromatic carbocycles. The normalized spacial score (nSPS) is 15.1. The first kappa shape index (κ1) is 31.6. The van der Waals surface area contributed by atoms with E-state index < -0.39 is 28.6 Å². The number of carbonyl (C=O) groups excluding carboxylic acids is 1. The van der Waals surface area contributed by atoms with Gasteiger partial charge in [-0.25, -0.2) is 13.2 Å². The number of anilines is 1. The molecule has 3 rings (SSSR count). The monoisotopic (exact) mass is 613 g/mol. The number of hydrogen-bond acceptors (Lipinski definition) is 7. The first-order chi connectivity index (χ1) is 17.7. The number of carbonyl (C=O) groups is 2. The number of carboxylic acids is 1. The van der Waals surface area contributed by atoms with Crippen molar-refractivity contribution in [2.45, 2.75) is 64.0 Å². The fraction of sp³-hybridized carbons (Fsp3) is 0.481. The number of benzene rings is 2. The molecule has 1 N–H and O–H groups in total. The fourth-order valence-electron chi connectivity index (χ4n) is 4.23. The minimum atomic E-state index is -3.91. The predicted octanol–water partition coefficient (Wildman–Crippen LogP) is 4.65. The Kier molecular flexibility index (Phi) is 11.2. The second kappa shape index (κ2) is 13.4. The lowest BCUT2D eigenvalue weighted by atomic mass is 9.98. The van der Waals surface area contributed by atoms with Gasteiger partial charge in [-0.1, -0.05) is 34.1 Å². The summed E-state index contributed by atoms with van der Waals surface area (Å²) in [5.74, 6) is -0.709. The highest BCUT2D eigenvalue weighted by atomic mass is 79.9. The van der Waals surface area contributed by atoms with Gasteiger partial charge in [0.15, 0.2) is 0 Å². The molecule has 1 heterocycles. The first-order valence-electron chi connectivity index (χ1n) is 12.1. The number of carboxylic acid groups (broad SMARTS) is 1. The van der Waals surface area contributed by atoms with E-state index in [4.69, 9.17) is 19.3 Å². The summed E-state index contributed by atoms with van der Waals surface area (Å²) in [4.78, 5) is 21.6. The van der Waals surface area contributed by atoms with Gasteiger partial charge in [0, 0.05) is 0 Å². The maximum atomic E-state index is 13.8. The van der Waals surface area contributed by atoms with Crippen molar-refractivity contribution < 1.29 is 37.3 Å². The summed E-state index contributed by atoms with van der Waals surface area (Å²) in [5.41, 5.74) is 2.38. The van der Waals surface area contributed by atoms with Gasteiger partial charge in [-0.15, -0.1) is 0 Å². The van der Waals surface area contributed by atoms with Crippen LogP contribution in [0.3, 0.4) is 0 Å². The van der Waals surface area contributed by atoms with Crippen molar-refractivity contribution in [2.75, 3.05) is 30.0 Å². The van der Waals surface area contributed by atoms with Gasteiger partial charge in [0.2, 0.25) is 0 Å². The molecule has 1 aliphatic heterocycles. The third-order valence-corrected chi connectivity index (χ3v) is 8.19. The predicted molar refractivity (Wildman–Crippen MR) is 149 cm³/mol. The molecule has 1 aliphatic rings. The molecular weight excluding hydrogens is 578 g/mol. The Balaban J connectivity index is 0.000000484. The van der Waals surface area contributed by atoms with E-state index in [0.717, 1.165) is 5.56 Å². The van der Waals surface area contributed by atoms with Gasteiger partial charge in [0.1, 0.15) is 23.3 Å². The van der Waals surface area contributed by atoms with E-state index in [9.17, 15) is 18.0 Å². The average Bonchev–Trinajstić information content (AvgIpc) is 2.82. The van der Waals surface area contributed by atoms with Crippen LogP contribution in [0, 0.1) is 13.8 Å². The molecule has 0 aromatic heterocycles. The molecule has 1 atom stereocenters. The van der Waals surface area contributed by atoms with E-state index in [0.29, 0.717) is 35.4 Å². The van der Waals surface area contributed by atoms with Crippen LogP contribution < -0.4 is 9.04 Å². The number of esters is 1. The van der Waals surface area contributed by atoms with Crippen molar-refractivity contribution in [3.63, 3.8) is 0 Å². The molecule has 0 radical (unpaired) electrons. The number of aryl methyl sites for hydroxylation is 3. The van der Waals surface area contributed by atoms with Gasteiger partial charge in [-0.3, -0.25) is 9.10 Å². The number of halogens is 1. The van der Waals surface area contributed by atoms with Crippen LogP contribution in [0.4, 0.5) is 5.69 Å². The second-order valence-corrected chi connectivity index (χ2v) is 12.2. The van der Waals surface area contributed by atoms with Crippen LogP contribution in [0.15, 0.2) is 41.3 Å². The Morgan fingerprint density at radius 1 is 1.13 bits per heavy atom. The van der Waals surface area contributed by atoms with Crippen LogP contribution in [-0.2, 0) is 35.5 Å². The minimum Gasteiger partial charge on any atom is -0.497 e. The Morgan fingerprint density at radius 2 is 1.74 bits per heavy atom. The number of fused-ring (bicyclic) bond motifs is 1. The lowest BCUT2D eigenvalue weighted by molar-refractivity contribution is -0.151. The molecule has 0 spiro atoms. The molecule has 0 saturated carbocycles. The molecule has 0 fully saturated rings. The van der Waals surface area contributed by atoms with Gasteiger partial charge in [-0.2, -0.15) is 0 Å². The number of para-hydroxylation sites is 1. The number of rotatable bonds is 8. The number of aliphatic carboxylic acids is 1. The fourth-order valence-corrected chi connectivity index (χ4v) is 6.47. The molecule has 0 bridgehead atoms. The number of nitrogens with zero attached hydrogens (tertiary/aromatic N) is 1. The number of methoxy groups -OCH3 is 1. The summed E-state index contributed by atoms with van der Waals surface area (Å²) in [6.45, 7) is 8.55. The van der Waals surface area contributed by atoms with E-state index in [2.05, 4.69) is 15.9 Å². The Labute approximate surface area is 233 Å². The first-order valence-corrected chi connectivity index (χ1v) is 14.6. The highest BCUT2D eigenvalue weighted by Crippen LogP contribution is 2.38. The van der Waals surface area contributed by atoms with Gasteiger partial charge in [0.05, 0.1) is 30.3 Å². The topological polar surface area (TPSA) is 119 Å². The highest BCUT2D eigenvalue weighted by Gasteiger charge is 2.37. The molecule has 38 heavy (non-hydrogen) atoms. The van der Waals surface area contributed by atoms with Crippen LogP contribution in [0.1, 0.15) is 43.9 Å². The molecule has 11 heteroatoms. The average molecular weight is 615 g/mol. The number of ether oxygens (including phenoxy) is 3. The summed E-state index contributed by atoms with van der Waals surface area (Å²) in [6, 6.07) is 10.3. The molecule has 0 amide bonds. The van der Waals surface area contributed by atoms with E-state index in [1.807, 2.05) is 32.9 Å². The van der Waals surface area contributed by atoms with Gasteiger partial charge in [0.25, 0.3) is 10.0 Å². The van der Waals surface area contributed by atoms with Crippen molar-refractivity contribution in [3.05, 3.63) is 53.1 Å². The van der Waals surface area contributed by atoms with E-state index >= 15 is 0 Å². The maximum Gasteiger partial charge on any atom is 0.329 e. The molecule has 2 aromatic rings. The number of sulfonamides is 1.